The highest BCUT2D eigenvalue weighted by atomic mass is 16.1. The first-order valence-corrected chi connectivity index (χ1v) is 7.46. The zero-order valence-corrected chi connectivity index (χ0v) is 13.7. The predicted molar refractivity (Wildman–Crippen MR) is 86.6 cm³/mol. The molecule has 0 saturated heterocycles. The van der Waals surface area contributed by atoms with Crippen LogP contribution in [0.5, 0.6) is 0 Å². The second-order valence-electron chi connectivity index (χ2n) is 5.45. The predicted octanol–water partition coefficient (Wildman–Crippen LogP) is 1.31. The largest absolute Gasteiger partial charge is 0.345 e. The van der Waals surface area contributed by atoms with Gasteiger partial charge in [-0.3, -0.25) is 4.79 Å². The number of amides is 1. The summed E-state index contributed by atoms with van der Waals surface area (Å²) in [5, 5.41) is 15.2. The lowest BCUT2D eigenvalue weighted by molar-refractivity contribution is 0.0944. The van der Waals surface area contributed by atoms with Crippen LogP contribution in [0.25, 0.3) is 5.82 Å². The van der Waals surface area contributed by atoms with Crippen LogP contribution in [0, 0.1) is 20.8 Å². The molecule has 0 aromatic carbocycles. The van der Waals surface area contributed by atoms with Crippen molar-refractivity contribution in [1.82, 2.24) is 35.3 Å². The minimum atomic E-state index is -0.307. The Morgan fingerprint density at radius 1 is 1.08 bits per heavy atom. The van der Waals surface area contributed by atoms with Gasteiger partial charge >= 0.3 is 0 Å². The molecule has 0 bridgehead atoms. The Bertz CT molecular complexity index is 870. The molecule has 8 heteroatoms. The third kappa shape index (κ3) is 3.43. The maximum Gasteiger partial charge on any atom is 0.272 e. The number of hydrogen-bond donors (Lipinski definition) is 1. The average molecular weight is 323 g/mol. The van der Waals surface area contributed by atoms with Crippen molar-refractivity contribution in [3.63, 3.8) is 0 Å². The molecule has 3 rings (SSSR count). The summed E-state index contributed by atoms with van der Waals surface area (Å²) in [7, 11) is 0. The van der Waals surface area contributed by atoms with Crippen LogP contribution in [0.4, 0.5) is 0 Å². The van der Waals surface area contributed by atoms with Crippen molar-refractivity contribution >= 4 is 5.91 Å². The van der Waals surface area contributed by atoms with E-state index in [1.54, 1.807) is 16.8 Å². The minimum Gasteiger partial charge on any atom is -0.345 e. The summed E-state index contributed by atoms with van der Waals surface area (Å²) in [5.74, 6) is 0.266. The quantitative estimate of drug-likeness (QED) is 0.777. The number of carbonyl (C=O) groups excluding carboxylic acids is 1. The zero-order valence-electron chi connectivity index (χ0n) is 13.7. The minimum absolute atomic E-state index is 0.242. The van der Waals surface area contributed by atoms with E-state index in [1.165, 1.54) is 6.33 Å². The number of aromatic nitrogens is 6. The molecular formula is C16H17N7O. The van der Waals surface area contributed by atoms with E-state index in [-0.39, 0.29) is 11.6 Å². The van der Waals surface area contributed by atoms with Crippen molar-refractivity contribution in [1.29, 1.82) is 0 Å². The Balaban J connectivity index is 1.69. The van der Waals surface area contributed by atoms with E-state index in [4.69, 9.17) is 0 Å². The summed E-state index contributed by atoms with van der Waals surface area (Å²) in [6.45, 7) is 6.03. The van der Waals surface area contributed by atoms with Crippen molar-refractivity contribution in [2.45, 2.75) is 27.3 Å². The number of rotatable bonds is 4. The number of carbonyl (C=O) groups is 1. The Morgan fingerprint density at radius 2 is 1.92 bits per heavy atom. The van der Waals surface area contributed by atoms with E-state index in [0.29, 0.717) is 12.4 Å². The second kappa shape index (κ2) is 6.53. The Labute approximate surface area is 139 Å². The van der Waals surface area contributed by atoms with E-state index in [1.807, 2.05) is 32.9 Å². The fourth-order valence-electron chi connectivity index (χ4n) is 2.29. The molecule has 3 aromatic rings. The van der Waals surface area contributed by atoms with Gasteiger partial charge in [0.2, 0.25) is 0 Å². The zero-order chi connectivity index (χ0) is 17.1. The molecule has 0 atom stereocenters. The molecule has 0 spiro atoms. The van der Waals surface area contributed by atoms with Crippen LogP contribution in [0.1, 0.15) is 33.3 Å². The topological polar surface area (TPSA) is 98.5 Å². The van der Waals surface area contributed by atoms with Gasteiger partial charge in [0.05, 0.1) is 17.9 Å². The molecule has 3 heterocycles. The number of nitrogens with zero attached hydrogens (tertiary/aromatic N) is 6. The van der Waals surface area contributed by atoms with E-state index in [2.05, 4.69) is 30.6 Å². The third-order valence-electron chi connectivity index (χ3n) is 3.40. The van der Waals surface area contributed by atoms with Gasteiger partial charge in [0.15, 0.2) is 11.5 Å². The lowest BCUT2D eigenvalue weighted by Crippen LogP contribution is -2.25. The molecule has 0 aliphatic rings. The van der Waals surface area contributed by atoms with Crippen molar-refractivity contribution in [2.24, 2.45) is 0 Å². The maximum atomic E-state index is 12.1. The van der Waals surface area contributed by atoms with Gasteiger partial charge in [-0.25, -0.2) is 14.6 Å². The van der Waals surface area contributed by atoms with Crippen LogP contribution < -0.4 is 5.32 Å². The first-order valence-electron chi connectivity index (χ1n) is 7.46. The van der Waals surface area contributed by atoms with Gasteiger partial charge in [-0.2, -0.15) is 5.10 Å². The summed E-state index contributed by atoms with van der Waals surface area (Å²) in [6, 6.07) is 7.11. The van der Waals surface area contributed by atoms with E-state index in [0.717, 1.165) is 22.8 Å². The summed E-state index contributed by atoms with van der Waals surface area (Å²) in [5.41, 5.74) is 3.69. The monoisotopic (exact) mass is 323 g/mol. The molecule has 0 saturated carbocycles. The van der Waals surface area contributed by atoms with Crippen LogP contribution in [0.15, 0.2) is 30.6 Å². The molecular weight excluding hydrogens is 306 g/mol. The van der Waals surface area contributed by atoms with E-state index in [9.17, 15) is 4.79 Å². The standard InChI is InChI=1S/C16H17N7O/c1-10-7-13(19-9-18-10)8-17-16(24)14-4-5-15(21-20-14)23-12(3)6-11(2)22-23/h4-7,9H,8H2,1-3H3,(H,17,24). The summed E-state index contributed by atoms with van der Waals surface area (Å²) < 4.78 is 1.69. The van der Waals surface area contributed by atoms with Crippen molar-refractivity contribution in [3.05, 3.63) is 59.1 Å². The van der Waals surface area contributed by atoms with Gasteiger partial charge in [-0.05, 0) is 45.0 Å². The van der Waals surface area contributed by atoms with Crippen molar-refractivity contribution in [3.8, 4) is 5.82 Å². The van der Waals surface area contributed by atoms with Crippen LogP contribution in [-0.2, 0) is 6.54 Å². The lowest BCUT2D eigenvalue weighted by Gasteiger charge is -2.06. The van der Waals surface area contributed by atoms with Gasteiger partial charge < -0.3 is 5.32 Å². The maximum absolute atomic E-state index is 12.1. The van der Waals surface area contributed by atoms with Gasteiger partial charge in [-0.15, -0.1) is 10.2 Å². The summed E-state index contributed by atoms with van der Waals surface area (Å²) >= 11 is 0. The highest BCUT2D eigenvalue weighted by Crippen LogP contribution is 2.09. The smallest absolute Gasteiger partial charge is 0.272 e. The van der Waals surface area contributed by atoms with Gasteiger partial charge in [0, 0.05) is 11.4 Å². The third-order valence-corrected chi connectivity index (χ3v) is 3.40. The highest BCUT2D eigenvalue weighted by molar-refractivity contribution is 5.92. The number of hydrogen-bond acceptors (Lipinski definition) is 6. The fraction of sp³-hybridized carbons (Fsp3) is 0.250. The summed E-state index contributed by atoms with van der Waals surface area (Å²) in [4.78, 5) is 20.3. The molecule has 3 aromatic heterocycles. The first-order chi connectivity index (χ1) is 11.5. The first kappa shape index (κ1) is 15.7. The van der Waals surface area contributed by atoms with E-state index < -0.39 is 0 Å². The summed E-state index contributed by atoms with van der Waals surface area (Å²) in [6.07, 6.45) is 1.47. The highest BCUT2D eigenvalue weighted by Gasteiger charge is 2.10. The van der Waals surface area contributed by atoms with Crippen molar-refractivity contribution in [2.75, 3.05) is 0 Å². The molecule has 0 radical (unpaired) electrons. The van der Waals surface area contributed by atoms with Gasteiger partial charge in [-0.1, -0.05) is 0 Å². The lowest BCUT2D eigenvalue weighted by atomic mass is 10.3. The molecule has 24 heavy (non-hydrogen) atoms. The van der Waals surface area contributed by atoms with Gasteiger partial charge in [0.1, 0.15) is 6.33 Å². The molecule has 122 valence electrons. The van der Waals surface area contributed by atoms with Crippen LogP contribution in [-0.4, -0.2) is 35.9 Å². The molecule has 8 nitrogen and oxygen atoms in total. The molecule has 0 unspecified atom stereocenters. The number of aryl methyl sites for hydroxylation is 3. The van der Waals surface area contributed by atoms with Crippen LogP contribution >= 0.6 is 0 Å². The molecule has 1 N–H and O–H groups in total. The van der Waals surface area contributed by atoms with Crippen molar-refractivity contribution < 1.29 is 4.79 Å². The molecule has 0 aliphatic carbocycles. The number of nitrogens with one attached hydrogen (secondary N) is 1. The molecule has 0 fully saturated rings. The Kier molecular flexibility index (Phi) is 4.28. The average Bonchev–Trinajstić information content (AvgIpc) is 2.91. The van der Waals surface area contributed by atoms with E-state index >= 15 is 0 Å². The molecule has 0 aliphatic heterocycles. The van der Waals surface area contributed by atoms with Crippen LogP contribution in [0.2, 0.25) is 0 Å². The van der Waals surface area contributed by atoms with Crippen LogP contribution in [0.3, 0.4) is 0 Å². The Hall–Kier alpha value is -3.16. The molecule has 1 amide bonds. The Morgan fingerprint density at radius 3 is 2.54 bits per heavy atom. The fourth-order valence-corrected chi connectivity index (χ4v) is 2.29. The normalized spacial score (nSPS) is 10.6. The van der Waals surface area contributed by atoms with Gasteiger partial charge in [0.25, 0.3) is 5.91 Å². The SMILES string of the molecule is Cc1cc(CNC(=O)c2ccc(-n3nc(C)cc3C)nn2)ncn1. The second-order valence-corrected chi connectivity index (χ2v) is 5.45.